The fourth-order valence-corrected chi connectivity index (χ4v) is 2.47. The van der Waals surface area contributed by atoms with Crippen LogP contribution in [0.4, 0.5) is 0 Å². The molecule has 0 aliphatic carbocycles. The average molecular weight is 341 g/mol. The van der Waals surface area contributed by atoms with Crippen LogP contribution >= 0.6 is 22.6 Å². The lowest BCUT2D eigenvalue weighted by atomic mass is 10.0. The summed E-state index contributed by atoms with van der Waals surface area (Å²) in [6, 6.07) is 10.7. The van der Waals surface area contributed by atoms with Gasteiger partial charge in [-0.05, 0) is 72.8 Å². The largest absolute Gasteiger partial charge is 0.464 e. The molecule has 0 aliphatic heterocycles. The molecule has 1 aromatic carbocycles. The molecule has 1 heterocycles. The van der Waals surface area contributed by atoms with Crippen LogP contribution in [0.5, 0.6) is 0 Å². The molecular weight excluding hydrogens is 325 g/mol. The van der Waals surface area contributed by atoms with Gasteiger partial charge in [0.05, 0.1) is 6.04 Å². The van der Waals surface area contributed by atoms with Crippen molar-refractivity contribution in [1.82, 2.24) is 5.32 Å². The molecule has 0 amide bonds. The summed E-state index contributed by atoms with van der Waals surface area (Å²) in [4.78, 5) is 0. The number of nitrogens with one attached hydrogen (secondary N) is 1. The lowest BCUT2D eigenvalue weighted by Gasteiger charge is -2.14. The van der Waals surface area contributed by atoms with E-state index in [4.69, 9.17) is 4.42 Å². The van der Waals surface area contributed by atoms with E-state index in [9.17, 15) is 0 Å². The van der Waals surface area contributed by atoms with Crippen molar-refractivity contribution >= 4 is 22.6 Å². The third-order valence-corrected chi connectivity index (χ3v) is 3.61. The topological polar surface area (TPSA) is 25.2 Å². The zero-order valence-electron chi connectivity index (χ0n) is 10.3. The van der Waals surface area contributed by atoms with Crippen LogP contribution in [-0.4, -0.2) is 7.05 Å². The molecule has 3 heteroatoms. The molecule has 0 aliphatic rings. The van der Waals surface area contributed by atoms with Gasteiger partial charge in [-0.2, -0.15) is 0 Å². The number of aryl methyl sites for hydroxylation is 2. The molecule has 2 rings (SSSR count). The molecule has 0 saturated carbocycles. The Bertz CT molecular complexity index is 499. The van der Waals surface area contributed by atoms with E-state index in [-0.39, 0.29) is 6.04 Å². The first kappa shape index (κ1) is 12.6. The van der Waals surface area contributed by atoms with Crippen LogP contribution in [0.2, 0.25) is 0 Å². The van der Waals surface area contributed by atoms with Crippen molar-refractivity contribution in [3.05, 3.63) is 56.5 Å². The van der Waals surface area contributed by atoms with Crippen molar-refractivity contribution in [3.63, 3.8) is 0 Å². The number of furan rings is 1. The monoisotopic (exact) mass is 341 g/mol. The standard InChI is InChI=1S/C14H16INO/c1-9-7-13(17-10(9)2)14(16-3)11-5-4-6-12(15)8-11/h4-8,14,16H,1-3H3. The van der Waals surface area contributed by atoms with Gasteiger partial charge < -0.3 is 9.73 Å². The van der Waals surface area contributed by atoms with Gasteiger partial charge in [-0.3, -0.25) is 0 Å². The van der Waals surface area contributed by atoms with Crippen LogP contribution in [-0.2, 0) is 0 Å². The van der Waals surface area contributed by atoms with E-state index >= 15 is 0 Å². The van der Waals surface area contributed by atoms with Gasteiger partial charge >= 0.3 is 0 Å². The van der Waals surface area contributed by atoms with Gasteiger partial charge in [-0.25, -0.2) is 0 Å². The second-order valence-electron chi connectivity index (χ2n) is 4.16. The van der Waals surface area contributed by atoms with Crippen LogP contribution in [0.25, 0.3) is 0 Å². The molecule has 1 N–H and O–H groups in total. The second-order valence-corrected chi connectivity index (χ2v) is 5.41. The van der Waals surface area contributed by atoms with Crippen molar-refractivity contribution in [3.8, 4) is 0 Å². The Hall–Kier alpha value is -0.810. The molecule has 0 spiro atoms. The van der Waals surface area contributed by atoms with Gasteiger partial charge in [0.15, 0.2) is 0 Å². The lowest BCUT2D eigenvalue weighted by molar-refractivity contribution is 0.443. The summed E-state index contributed by atoms with van der Waals surface area (Å²) in [5, 5.41) is 3.31. The van der Waals surface area contributed by atoms with Crippen molar-refractivity contribution in [1.29, 1.82) is 0 Å². The lowest BCUT2D eigenvalue weighted by Crippen LogP contribution is -2.17. The van der Waals surface area contributed by atoms with Gasteiger partial charge in [0.25, 0.3) is 0 Å². The van der Waals surface area contributed by atoms with Crippen LogP contribution in [0, 0.1) is 17.4 Å². The minimum Gasteiger partial charge on any atom is -0.464 e. The molecule has 0 radical (unpaired) electrons. The van der Waals surface area contributed by atoms with Crippen LogP contribution in [0.1, 0.15) is 28.7 Å². The highest BCUT2D eigenvalue weighted by molar-refractivity contribution is 14.1. The number of hydrogen-bond donors (Lipinski definition) is 1. The first-order chi connectivity index (χ1) is 8.11. The molecular formula is C14H16INO. The first-order valence-electron chi connectivity index (χ1n) is 5.61. The normalized spacial score (nSPS) is 12.7. The van der Waals surface area contributed by atoms with E-state index < -0.39 is 0 Å². The predicted molar refractivity (Wildman–Crippen MR) is 78.2 cm³/mol. The summed E-state index contributed by atoms with van der Waals surface area (Å²) in [5.74, 6) is 1.97. The van der Waals surface area contributed by atoms with E-state index in [1.54, 1.807) is 0 Å². The number of benzene rings is 1. The molecule has 1 aromatic heterocycles. The summed E-state index contributed by atoms with van der Waals surface area (Å²) >= 11 is 2.33. The van der Waals surface area contributed by atoms with Crippen LogP contribution in [0.3, 0.4) is 0 Å². The van der Waals surface area contributed by atoms with Gasteiger partial charge in [-0.1, -0.05) is 12.1 Å². The van der Waals surface area contributed by atoms with Crippen molar-refractivity contribution in [2.24, 2.45) is 0 Å². The Kier molecular flexibility index (Phi) is 3.89. The number of hydrogen-bond acceptors (Lipinski definition) is 2. The zero-order chi connectivity index (χ0) is 12.4. The Labute approximate surface area is 116 Å². The van der Waals surface area contributed by atoms with E-state index in [1.165, 1.54) is 14.7 Å². The molecule has 2 aromatic rings. The summed E-state index contributed by atoms with van der Waals surface area (Å²) in [6.07, 6.45) is 0. The van der Waals surface area contributed by atoms with Gasteiger partial charge in [0.1, 0.15) is 11.5 Å². The Morgan fingerprint density at radius 1 is 1.24 bits per heavy atom. The zero-order valence-corrected chi connectivity index (χ0v) is 12.4. The highest BCUT2D eigenvalue weighted by Gasteiger charge is 2.16. The highest BCUT2D eigenvalue weighted by atomic mass is 127. The summed E-state index contributed by atoms with van der Waals surface area (Å²) < 4.78 is 7.03. The molecule has 1 atom stereocenters. The van der Waals surface area contributed by atoms with E-state index in [0.717, 1.165) is 11.5 Å². The second kappa shape index (κ2) is 5.23. The van der Waals surface area contributed by atoms with Gasteiger partial charge in [0, 0.05) is 3.57 Å². The molecule has 17 heavy (non-hydrogen) atoms. The average Bonchev–Trinajstić information content (AvgIpc) is 2.60. The van der Waals surface area contributed by atoms with Gasteiger partial charge in [0.2, 0.25) is 0 Å². The first-order valence-corrected chi connectivity index (χ1v) is 6.69. The SMILES string of the molecule is CNC(c1cccc(I)c1)c1cc(C)c(C)o1. The summed E-state index contributed by atoms with van der Waals surface area (Å²) in [7, 11) is 1.96. The summed E-state index contributed by atoms with van der Waals surface area (Å²) in [6.45, 7) is 4.07. The predicted octanol–water partition coefficient (Wildman–Crippen LogP) is 3.81. The molecule has 1 unspecified atom stereocenters. The molecule has 0 bridgehead atoms. The maximum Gasteiger partial charge on any atom is 0.125 e. The van der Waals surface area contributed by atoms with E-state index in [2.05, 4.69) is 65.2 Å². The highest BCUT2D eigenvalue weighted by Crippen LogP contribution is 2.26. The minimum atomic E-state index is 0.122. The quantitative estimate of drug-likeness (QED) is 0.859. The fourth-order valence-electron chi connectivity index (χ4n) is 1.90. The maximum absolute atomic E-state index is 5.80. The maximum atomic E-state index is 5.80. The molecule has 0 saturated heterocycles. The van der Waals surface area contributed by atoms with Crippen molar-refractivity contribution < 1.29 is 4.42 Å². The smallest absolute Gasteiger partial charge is 0.125 e. The third kappa shape index (κ3) is 2.72. The van der Waals surface area contributed by atoms with E-state index in [0.29, 0.717) is 0 Å². The molecule has 90 valence electrons. The summed E-state index contributed by atoms with van der Waals surface area (Å²) in [5.41, 5.74) is 2.43. The molecule has 0 fully saturated rings. The molecule has 2 nitrogen and oxygen atoms in total. The van der Waals surface area contributed by atoms with Gasteiger partial charge in [-0.15, -0.1) is 0 Å². The Balaban J connectivity index is 2.39. The van der Waals surface area contributed by atoms with Crippen molar-refractivity contribution in [2.45, 2.75) is 19.9 Å². The fraction of sp³-hybridized carbons (Fsp3) is 0.286. The minimum absolute atomic E-state index is 0.122. The van der Waals surface area contributed by atoms with Crippen LogP contribution in [0.15, 0.2) is 34.7 Å². The van der Waals surface area contributed by atoms with Crippen molar-refractivity contribution in [2.75, 3.05) is 7.05 Å². The van der Waals surface area contributed by atoms with Crippen LogP contribution < -0.4 is 5.32 Å². The Morgan fingerprint density at radius 2 is 2.00 bits per heavy atom. The number of rotatable bonds is 3. The van der Waals surface area contributed by atoms with E-state index in [1.807, 2.05) is 14.0 Å². The third-order valence-electron chi connectivity index (χ3n) is 2.94. The number of halogens is 1. The Morgan fingerprint density at radius 3 is 2.53 bits per heavy atom.